The van der Waals surface area contributed by atoms with Crippen LogP contribution < -0.4 is 0 Å². The van der Waals surface area contributed by atoms with E-state index in [0.29, 0.717) is 5.56 Å². The Kier molecular flexibility index (Phi) is 2.79. The maximum absolute atomic E-state index is 11.7. The highest BCUT2D eigenvalue weighted by Crippen LogP contribution is 2.38. The second-order valence-electron chi connectivity index (χ2n) is 3.76. The van der Waals surface area contributed by atoms with E-state index in [1.807, 2.05) is 0 Å². The average molecular weight is 305 g/mol. The van der Waals surface area contributed by atoms with Gasteiger partial charge < -0.3 is 5.11 Å². The lowest BCUT2D eigenvalue weighted by atomic mass is 9.98. The Labute approximate surface area is 101 Å². The summed E-state index contributed by atoms with van der Waals surface area (Å²) >= 11 is 3.25. The standard InChI is InChI=1S/C10H9BrO4S/c11-7-1-2-9-8(4-7)6(3-10(12)13)5-16(9,14)15/h1-2,4,6H,3,5H2,(H,12,13). The van der Waals surface area contributed by atoms with Crippen molar-refractivity contribution in [2.75, 3.05) is 5.75 Å². The molecule has 0 fully saturated rings. The van der Waals surface area contributed by atoms with E-state index in [-0.39, 0.29) is 17.1 Å². The lowest BCUT2D eigenvalue weighted by molar-refractivity contribution is -0.137. The molecule has 0 aromatic heterocycles. The van der Waals surface area contributed by atoms with Crippen molar-refractivity contribution in [1.29, 1.82) is 0 Å². The van der Waals surface area contributed by atoms with Gasteiger partial charge in [0.15, 0.2) is 9.84 Å². The van der Waals surface area contributed by atoms with Gasteiger partial charge in [0.1, 0.15) is 0 Å². The molecule has 0 saturated heterocycles. The molecule has 0 radical (unpaired) electrons. The van der Waals surface area contributed by atoms with Crippen molar-refractivity contribution in [2.24, 2.45) is 0 Å². The third-order valence-electron chi connectivity index (χ3n) is 2.59. The Morgan fingerprint density at radius 1 is 1.50 bits per heavy atom. The van der Waals surface area contributed by atoms with Gasteiger partial charge in [-0.3, -0.25) is 4.79 Å². The number of rotatable bonds is 2. The number of aliphatic carboxylic acids is 1. The molecule has 0 spiro atoms. The quantitative estimate of drug-likeness (QED) is 0.904. The molecule has 1 N–H and O–H groups in total. The number of carboxylic acids is 1. The molecule has 4 nitrogen and oxygen atoms in total. The molecule has 2 rings (SSSR count). The van der Waals surface area contributed by atoms with Gasteiger partial charge in [-0.1, -0.05) is 15.9 Å². The summed E-state index contributed by atoms with van der Waals surface area (Å²) in [7, 11) is -3.30. The molecule has 1 atom stereocenters. The Hall–Kier alpha value is -0.880. The van der Waals surface area contributed by atoms with Crippen molar-refractivity contribution < 1.29 is 18.3 Å². The van der Waals surface area contributed by atoms with E-state index in [1.54, 1.807) is 12.1 Å². The van der Waals surface area contributed by atoms with Gasteiger partial charge >= 0.3 is 5.97 Å². The second kappa shape index (κ2) is 3.85. The number of hydrogen-bond donors (Lipinski definition) is 1. The van der Waals surface area contributed by atoms with Gasteiger partial charge in [-0.2, -0.15) is 0 Å². The summed E-state index contributed by atoms with van der Waals surface area (Å²) in [6, 6.07) is 4.86. The molecule has 1 aliphatic rings. The Balaban J connectivity index is 2.52. The van der Waals surface area contributed by atoms with E-state index in [0.717, 1.165) is 4.47 Å². The Morgan fingerprint density at radius 3 is 2.81 bits per heavy atom. The number of sulfone groups is 1. The number of hydrogen-bond acceptors (Lipinski definition) is 3. The highest BCUT2D eigenvalue weighted by Gasteiger charge is 2.35. The Morgan fingerprint density at radius 2 is 2.19 bits per heavy atom. The van der Waals surface area contributed by atoms with E-state index < -0.39 is 21.7 Å². The van der Waals surface area contributed by atoms with Gasteiger partial charge in [0.05, 0.1) is 17.1 Å². The molecule has 0 aliphatic carbocycles. The summed E-state index contributed by atoms with van der Waals surface area (Å²) < 4.78 is 24.3. The first-order valence-corrected chi connectivity index (χ1v) is 7.08. The van der Waals surface area contributed by atoms with Gasteiger partial charge in [0.25, 0.3) is 0 Å². The summed E-state index contributed by atoms with van der Waals surface area (Å²) in [6.07, 6.45) is -0.150. The van der Waals surface area contributed by atoms with Crippen LogP contribution in [-0.4, -0.2) is 25.2 Å². The molecule has 1 aromatic rings. The molecule has 0 amide bonds. The summed E-state index contributed by atoms with van der Waals surface area (Å²) in [5.74, 6) is -1.52. The van der Waals surface area contributed by atoms with Gasteiger partial charge in [-0.05, 0) is 23.8 Å². The number of halogens is 1. The maximum atomic E-state index is 11.7. The van der Waals surface area contributed by atoms with Crippen LogP contribution in [-0.2, 0) is 14.6 Å². The first-order chi connectivity index (χ1) is 7.40. The van der Waals surface area contributed by atoms with Crippen LogP contribution in [0.15, 0.2) is 27.6 Å². The van der Waals surface area contributed by atoms with Crippen molar-refractivity contribution in [2.45, 2.75) is 17.2 Å². The molecule has 86 valence electrons. The van der Waals surface area contributed by atoms with Gasteiger partial charge in [0, 0.05) is 10.4 Å². The zero-order chi connectivity index (χ0) is 11.9. The summed E-state index contributed by atoms with van der Waals surface area (Å²) in [6.45, 7) is 0. The minimum absolute atomic E-state index is 0.106. The SMILES string of the molecule is O=C(O)CC1CS(=O)(=O)c2ccc(Br)cc21. The highest BCUT2D eigenvalue weighted by molar-refractivity contribution is 9.10. The first kappa shape index (κ1) is 11.6. The fraction of sp³-hybridized carbons (Fsp3) is 0.300. The zero-order valence-corrected chi connectivity index (χ0v) is 10.6. The van der Waals surface area contributed by atoms with E-state index in [1.165, 1.54) is 6.07 Å². The van der Waals surface area contributed by atoms with E-state index in [2.05, 4.69) is 15.9 Å². The van der Waals surface area contributed by atoms with Crippen LogP contribution in [0.2, 0.25) is 0 Å². The molecule has 6 heteroatoms. The van der Waals surface area contributed by atoms with Crippen LogP contribution in [0.1, 0.15) is 17.9 Å². The van der Waals surface area contributed by atoms with Crippen LogP contribution in [0, 0.1) is 0 Å². The van der Waals surface area contributed by atoms with Gasteiger partial charge in [0.2, 0.25) is 0 Å². The molecule has 16 heavy (non-hydrogen) atoms. The fourth-order valence-corrected chi connectivity index (χ4v) is 4.19. The summed E-state index contributed by atoms with van der Waals surface area (Å²) in [5.41, 5.74) is 0.608. The Bertz CT molecular complexity index is 550. The van der Waals surface area contributed by atoms with Crippen LogP contribution in [0.5, 0.6) is 0 Å². The van der Waals surface area contributed by atoms with E-state index in [9.17, 15) is 13.2 Å². The van der Waals surface area contributed by atoms with Crippen molar-refractivity contribution in [3.8, 4) is 0 Å². The lowest BCUT2D eigenvalue weighted by Crippen LogP contribution is -2.08. The molecule has 0 saturated carbocycles. The van der Waals surface area contributed by atoms with Gasteiger partial charge in [-0.15, -0.1) is 0 Å². The van der Waals surface area contributed by atoms with Gasteiger partial charge in [-0.25, -0.2) is 8.42 Å². The van der Waals surface area contributed by atoms with E-state index >= 15 is 0 Å². The second-order valence-corrected chi connectivity index (χ2v) is 6.68. The highest BCUT2D eigenvalue weighted by atomic mass is 79.9. The zero-order valence-electron chi connectivity index (χ0n) is 8.18. The molecular formula is C10H9BrO4S. The van der Waals surface area contributed by atoms with Crippen molar-refractivity contribution >= 4 is 31.7 Å². The third-order valence-corrected chi connectivity index (χ3v) is 4.96. The van der Waals surface area contributed by atoms with Crippen molar-refractivity contribution in [1.82, 2.24) is 0 Å². The molecule has 1 unspecified atom stereocenters. The average Bonchev–Trinajstić information content (AvgIpc) is 2.37. The first-order valence-electron chi connectivity index (χ1n) is 4.64. The predicted octanol–water partition coefficient (Wildman–Crippen LogP) is 1.79. The molecule has 0 bridgehead atoms. The van der Waals surface area contributed by atoms with Crippen LogP contribution in [0.25, 0.3) is 0 Å². The molecular weight excluding hydrogens is 296 g/mol. The number of fused-ring (bicyclic) bond motifs is 1. The molecule has 1 aromatic carbocycles. The normalized spacial score (nSPS) is 21.7. The molecule has 1 heterocycles. The minimum Gasteiger partial charge on any atom is -0.481 e. The lowest BCUT2D eigenvalue weighted by Gasteiger charge is -2.06. The minimum atomic E-state index is -3.30. The third kappa shape index (κ3) is 1.99. The van der Waals surface area contributed by atoms with E-state index in [4.69, 9.17) is 5.11 Å². The molecule has 1 aliphatic heterocycles. The largest absolute Gasteiger partial charge is 0.481 e. The van der Waals surface area contributed by atoms with Crippen molar-refractivity contribution in [3.05, 3.63) is 28.2 Å². The van der Waals surface area contributed by atoms with Crippen LogP contribution >= 0.6 is 15.9 Å². The summed E-state index contributed by atoms with van der Waals surface area (Å²) in [4.78, 5) is 10.9. The number of carbonyl (C=O) groups is 1. The predicted molar refractivity (Wildman–Crippen MR) is 61.2 cm³/mol. The van der Waals surface area contributed by atoms with Crippen LogP contribution in [0.3, 0.4) is 0 Å². The number of carboxylic acid groups (broad SMARTS) is 1. The summed E-state index contributed by atoms with van der Waals surface area (Å²) in [5, 5.41) is 8.73. The smallest absolute Gasteiger partial charge is 0.303 e. The monoisotopic (exact) mass is 304 g/mol. The number of benzene rings is 1. The maximum Gasteiger partial charge on any atom is 0.303 e. The van der Waals surface area contributed by atoms with Crippen LogP contribution in [0.4, 0.5) is 0 Å². The van der Waals surface area contributed by atoms with Crippen molar-refractivity contribution in [3.63, 3.8) is 0 Å². The fourth-order valence-electron chi connectivity index (χ4n) is 1.95. The topological polar surface area (TPSA) is 71.4 Å².